The summed E-state index contributed by atoms with van der Waals surface area (Å²) in [6, 6.07) is 5.81. The van der Waals surface area contributed by atoms with Crippen LogP contribution >= 0.6 is 0 Å². The first-order chi connectivity index (χ1) is 9.02. The van der Waals surface area contributed by atoms with Crippen molar-refractivity contribution in [3.8, 4) is 5.75 Å². The van der Waals surface area contributed by atoms with Gasteiger partial charge < -0.3 is 10.1 Å². The van der Waals surface area contributed by atoms with E-state index < -0.39 is 0 Å². The van der Waals surface area contributed by atoms with Crippen LogP contribution in [0.15, 0.2) is 18.2 Å². The number of hydrogen-bond donors (Lipinski definition) is 1. The molecule has 0 spiro atoms. The first-order valence-corrected chi connectivity index (χ1v) is 7.18. The molecule has 0 bridgehead atoms. The van der Waals surface area contributed by atoms with Crippen molar-refractivity contribution in [2.45, 2.75) is 52.7 Å². The van der Waals surface area contributed by atoms with E-state index in [0.717, 1.165) is 19.4 Å². The predicted octanol–water partition coefficient (Wildman–Crippen LogP) is 3.68. The molecule has 0 amide bonds. The van der Waals surface area contributed by atoms with Gasteiger partial charge in [-0.2, -0.15) is 0 Å². The van der Waals surface area contributed by atoms with E-state index in [4.69, 9.17) is 4.74 Å². The minimum absolute atomic E-state index is 0.0895. The quantitative estimate of drug-likeness (QED) is 0.877. The van der Waals surface area contributed by atoms with E-state index in [1.165, 1.54) is 0 Å². The van der Waals surface area contributed by atoms with E-state index >= 15 is 0 Å². The van der Waals surface area contributed by atoms with Gasteiger partial charge in [0.05, 0.1) is 0 Å². The molecule has 1 aromatic carbocycles. The molecule has 1 aliphatic carbocycles. The summed E-state index contributed by atoms with van der Waals surface area (Å²) in [4.78, 5) is 0. The Morgan fingerprint density at radius 1 is 1.42 bits per heavy atom. The van der Waals surface area contributed by atoms with Crippen molar-refractivity contribution < 1.29 is 9.13 Å². The predicted molar refractivity (Wildman–Crippen MR) is 76.0 cm³/mol. The summed E-state index contributed by atoms with van der Waals surface area (Å²) in [6.07, 6.45) is 2.08. The number of rotatable bonds is 5. The summed E-state index contributed by atoms with van der Waals surface area (Å²) in [5.41, 5.74) is 0.727. The van der Waals surface area contributed by atoms with Gasteiger partial charge in [-0.3, -0.25) is 0 Å². The van der Waals surface area contributed by atoms with Crippen molar-refractivity contribution in [2.75, 3.05) is 6.54 Å². The lowest BCUT2D eigenvalue weighted by Crippen LogP contribution is -2.63. The van der Waals surface area contributed by atoms with E-state index in [-0.39, 0.29) is 17.3 Å². The SMILES string of the molecule is CCNC1CC(Oc2cccc(C)c2F)C1(C)CC. The molecule has 3 unspecified atom stereocenters. The molecule has 2 rings (SSSR count). The van der Waals surface area contributed by atoms with Crippen LogP contribution in [-0.2, 0) is 0 Å². The summed E-state index contributed by atoms with van der Waals surface area (Å²) in [5, 5.41) is 3.49. The molecule has 1 aliphatic rings. The zero-order chi connectivity index (χ0) is 14.0. The molecule has 0 aliphatic heterocycles. The fourth-order valence-electron chi connectivity index (χ4n) is 2.90. The fourth-order valence-corrected chi connectivity index (χ4v) is 2.90. The molecule has 0 radical (unpaired) electrons. The first kappa shape index (κ1) is 14.3. The Kier molecular flexibility index (Phi) is 4.14. The molecule has 1 saturated carbocycles. The topological polar surface area (TPSA) is 21.3 Å². The van der Waals surface area contributed by atoms with Crippen LogP contribution in [0.3, 0.4) is 0 Å². The van der Waals surface area contributed by atoms with Crippen molar-refractivity contribution in [1.29, 1.82) is 0 Å². The third-order valence-electron chi connectivity index (χ3n) is 4.62. The summed E-state index contributed by atoms with van der Waals surface area (Å²) < 4.78 is 19.9. The van der Waals surface area contributed by atoms with E-state index in [9.17, 15) is 4.39 Å². The second-order valence-corrected chi connectivity index (χ2v) is 5.70. The standard InChI is InChI=1S/C16H24FNO/c1-5-16(4)13(18-6-2)10-14(16)19-12-9-7-8-11(3)15(12)17/h7-9,13-14,18H,5-6,10H2,1-4H3. The van der Waals surface area contributed by atoms with Crippen LogP contribution in [0, 0.1) is 18.2 Å². The normalized spacial score (nSPS) is 29.9. The van der Waals surface area contributed by atoms with Gasteiger partial charge in [0.2, 0.25) is 0 Å². The Balaban J connectivity index is 2.10. The van der Waals surface area contributed by atoms with Crippen molar-refractivity contribution in [2.24, 2.45) is 5.41 Å². The molecule has 1 fully saturated rings. The van der Waals surface area contributed by atoms with Gasteiger partial charge in [0.15, 0.2) is 11.6 Å². The number of benzene rings is 1. The summed E-state index contributed by atoms with van der Waals surface area (Å²) in [5.74, 6) is 0.160. The molecule has 2 nitrogen and oxygen atoms in total. The van der Waals surface area contributed by atoms with Gasteiger partial charge in [-0.05, 0) is 31.5 Å². The molecule has 3 heteroatoms. The summed E-state index contributed by atoms with van der Waals surface area (Å²) in [7, 11) is 0. The smallest absolute Gasteiger partial charge is 0.167 e. The van der Waals surface area contributed by atoms with E-state index in [1.54, 1.807) is 19.1 Å². The van der Waals surface area contributed by atoms with Gasteiger partial charge in [0.1, 0.15) is 6.10 Å². The van der Waals surface area contributed by atoms with Gasteiger partial charge in [0, 0.05) is 17.9 Å². The molecule has 0 saturated heterocycles. The minimum Gasteiger partial charge on any atom is -0.487 e. The fraction of sp³-hybridized carbons (Fsp3) is 0.625. The van der Waals surface area contributed by atoms with Gasteiger partial charge in [-0.25, -0.2) is 4.39 Å². The molecule has 19 heavy (non-hydrogen) atoms. The molecule has 1 aromatic rings. The van der Waals surface area contributed by atoms with Gasteiger partial charge in [0.25, 0.3) is 0 Å². The van der Waals surface area contributed by atoms with Crippen LogP contribution < -0.4 is 10.1 Å². The van der Waals surface area contributed by atoms with Crippen LogP contribution in [-0.4, -0.2) is 18.7 Å². The van der Waals surface area contributed by atoms with Gasteiger partial charge >= 0.3 is 0 Å². The molecule has 3 atom stereocenters. The Morgan fingerprint density at radius 3 is 2.79 bits per heavy atom. The highest BCUT2D eigenvalue weighted by molar-refractivity contribution is 5.31. The Morgan fingerprint density at radius 2 is 2.16 bits per heavy atom. The maximum Gasteiger partial charge on any atom is 0.167 e. The van der Waals surface area contributed by atoms with E-state index in [2.05, 4.69) is 26.1 Å². The second kappa shape index (κ2) is 5.49. The summed E-state index contributed by atoms with van der Waals surface area (Å²) in [6.45, 7) is 9.24. The van der Waals surface area contributed by atoms with Crippen LogP contribution in [0.1, 0.15) is 39.2 Å². The second-order valence-electron chi connectivity index (χ2n) is 5.70. The van der Waals surface area contributed by atoms with Crippen LogP contribution in [0.4, 0.5) is 4.39 Å². The number of halogens is 1. The lowest BCUT2D eigenvalue weighted by atomic mass is 9.61. The lowest BCUT2D eigenvalue weighted by Gasteiger charge is -2.53. The molecular weight excluding hydrogens is 241 g/mol. The van der Waals surface area contributed by atoms with Crippen molar-refractivity contribution >= 4 is 0 Å². The van der Waals surface area contributed by atoms with Gasteiger partial charge in [-0.15, -0.1) is 0 Å². The van der Waals surface area contributed by atoms with Gasteiger partial charge in [-0.1, -0.05) is 32.9 Å². The monoisotopic (exact) mass is 265 g/mol. The van der Waals surface area contributed by atoms with Crippen LogP contribution in [0.5, 0.6) is 5.75 Å². The van der Waals surface area contributed by atoms with Crippen LogP contribution in [0.25, 0.3) is 0 Å². The van der Waals surface area contributed by atoms with Crippen molar-refractivity contribution in [3.05, 3.63) is 29.6 Å². The Labute approximate surface area is 115 Å². The maximum absolute atomic E-state index is 14.0. The highest BCUT2D eigenvalue weighted by Crippen LogP contribution is 2.46. The highest BCUT2D eigenvalue weighted by atomic mass is 19.1. The molecule has 106 valence electrons. The number of aryl methyl sites for hydroxylation is 1. The molecule has 0 heterocycles. The van der Waals surface area contributed by atoms with E-state index in [0.29, 0.717) is 17.4 Å². The zero-order valence-electron chi connectivity index (χ0n) is 12.3. The molecular formula is C16H24FNO. The number of ether oxygens (including phenoxy) is 1. The summed E-state index contributed by atoms with van der Waals surface area (Å²) >= 11 is 0. The van der Waals surface area contributed by atoms with Crippen molar-refractivity contribution in [3.63, 3.8) is 0 Å². The Hall–Kier alpha value is -1.09. The van der Waals surface area contributed by atoms with Crippen LogP contribution in [0.2, 0.25) is 0 Å². The zero-order valence-corrected chi connectivity index (χ0v) is 12.3. The largest absolute Gasteiger partial charge is 0.487 e. The third-order valence-corrected chi connectivity index (χ3v) is 4.62. The minimum atomic E-state index is -0.229. The lowest BCUT2D eigenvalue weighted by molar-refractivity contribution is -0.0712. The Bertz CT molecular complexity index is 448. The third kappa shape index (κ3) is 2.48. The van der Waals surface area contributed by atoms with Crippen molar-refractivity contribution in [1.82, 2.24) is 5.32 Å². The molecule has 0 aromatic heterocycles. The average molecular weight is 265 g/mol. The number of nitrogens with one attached hydrogen (secondary N) is 1. The van der Waals surface area contributed by atoms with E-state index in [1.807, 2.05) is 6.07 Å². The molecule has 1 N–H and O–H groups in total. The maximum atomic E-state index is 14.0. The average Bonchev–Trinajstić information content (AvgIpc) is 2.41. The number of hydrogen-bond acceptors (Lipinski definition) is 2. The first-order valence-electron chi connectivity index (χ1n) is 7.18. The highest BCUT2D eigenvalue weighted by Gasteiger charge is 2.51.